The minimum Gasteiger partial charge on any atom is -0.493 e. The Morgan fingerprint density at radius 2 is 1.94 bits per heavy atom. The van der Waals surface area contributed by atoms with E-state index in [1.54, 1.807) is 26.2 Å². The van der Waals surface area contributed by atoms with Crippen molar-refractivity contribution in [2.24, 2.45) is 11.8 Å². The Balaban J connectivity index is 1.16. The van der Waals surface area contributed by atoms with Crippen molar-refractivity contribution < 1.29 is 28.9 Å². The van der Waals surface area contributed by atoms with Crippen molar-refractivity contribution in [3.8, 4) is 17.2 Å². The van der Waals surface area contributed by atoms with Gasteiger partial charge in [0, 0.05) is 42.3 Å². The van der Waals surface area contributed by atoms with E-state index in [9.17, 15) is 14.7 Å². The summed E-state index contributed by atoms with van der Waals surface area (Å²) in [5.74, 6) is 2.16. The van der Waals surface area contributed by atoms with Crippen LogP contribution in [0.4, 0.5) is 5.69 Å². The molecule has 4 aliphatic rings. The molecule has 266 valence electrons. The zero-order valence-corrected chi connectivity index (χ0v) is 30.2. The van der Waals surface area contributed by atoms with Gasteiger partial charge in [-0.15, -0.1) is 0 Å². The number of halogens is 1. The van der Waals surface area contributed by atoms with Gasteiger partial charge in [-0.05, 0) is 128 Å². The van der Waals surface area contributed by atoms with E-state index in [0.717, 1.165) is 43.5 Å². The standard InChI is InChI=1S/C40H48ClN3O6/c1-24(22-48-32-11-16-42-31-10-5-7-25(2)36(31)32)17-27-18-26-19-33-34(50-35(23-49-33)37(45)44(3)4)21-30(26)39(27)12-14-40(15-13-39,38(46)47)43-29-9-6-8-28(41)20-29/h6,8-9,11,16,19-21,24-25,27,35,43H,5,7,10,12-15,17-18,22-23H2,1-4H3,(H,46,47)/t24-,25-,27+,35?,39?,40?/m1/s1. The molecule has 3 aromatic rings. The molecule has 1 amide bonds. The summed E-state index contributed by atoms with van der Waals surface area (Å²) in [6, 6.07) is 13.5. The Hall–Kier alpha value is -3.98. The number of hydrogen-bond acceptors (Lipinski definition) is 7. The molecule has 50 heavy (non-hydrogen) atoms. The summed E-state index contributed by atoms with van der Waals surface area (Å²) < 4.78 is 19.0. The van der Waals surface area contributed by atoms with E-state index in [0.29, 0.717) is 60.4 Å². The highest BCUT2D eigenvalue weighted by Crippen LogP contribution is 2.58. The van der Waals surface area contributed by atoms with Crippen LogP contribution in [0.25, 0.3) is 0 Å². The molecule has 0 radical (unpaired) electrons. The van der Waals surface area contributed by atoms with E-state index >= 15 is 0 Å². The molecule has 3 aliphatic carbocycles. The third kappa shape index (κ3) is 6.38. The third-order valence-electron chi connectivity index (χ3n) is 11.7. The summed E-state index contributed by atoms with van der Waals surface area (Å²) in [4.78, 5) is 32.0. The maximum Gasteiger partial charge on any atom is 0.329 e. The van der Waals surface area contributed by atoms with Crippen LogP contribution in [-0.2, 0) is 27.8 Å². The minimum atomic E-state index is -1.12. The number of ether oxygens (including phenoxy) is 3. The molecule has 4 atom stereocenters. The summed E-state index contributed by atoms with van der Waals surface area (Å²) in [6.07, 6.45) is 8.54. The van der Waals surface area contributed by atoms with Gasteiger partial charge in [-0.25, -0.2) is 4.79 Å². The molecule has 0 saturated heterocycles. The number of carboxylic acid groups (broad SMARTS) is 1. The molecular formula is C40H48ClN3O6. The third-order valence-corrected chi connectivity index (χ3v) is 12.0. The number of pyridine rings is 1. The van der Waals surface area contributed by atoms with Crippen molar-refractivity contribution in [2.45, 2.75) is 94.6 Å². The molecule has 7 rings (SSSR count). The molecule has 0 bridgehead atoms. The highest BCUT2D eigenvalue weighted by Gasteiger charge is 2.54. The number of likely N-dealkylation sites (N-methyl/N-ethyl adjacent to an activating group) is 1. The zero-order chi connectivity index (χ0) is 35.2. The number of carboxylic acids is 1. The van der Waals surface area contributed by atoms with Crippen LogP contribution in [0.1, 0.15) is 87.1 Å². The van der Waals surface area contributed by atoms with Gasteiger partial charge in [0.2, 0.25) is 6.10 Å². The van der Waals surface area contributed by atoms with Gasteiger partial charge in [0.25, 0.3) is 5.91 Å². The van der Waals surface area contributed by atoms with Crippen LogP contribution in [0.15, 0.2) is 48.7 Å². The largest absolute Gasteiger partial charge is 0.493 e. The van der Waals surface area contributed by atoms with Crippen LogP contribution in [0, 0.1) is 11.8 Å². The van der Waals surface area contributed by atoms with Gasteiger partial charge in [0.1, 0.15) is 17.9 Å². The number of carbonyl (C=O) groups is 2. The maximum absolute atomic E-state index is 13.0. The summed E-state index contributed by atoms with van der Waals surface area (Å²) in [7, 11) is 3.43. The first-order valence-corrected chi connectivity index (χ1v) is 18.4. The van der Waals surface area contributed by atoms with Crippen LogP contribution < -0.4 is 19.5 Å². The molecule has 1 aliphatic heterocycles. The fraction of sp³-hybridized carbons (Fsp3) is 0.525. The Labute approximate surface area is 299 Å². The zero-order valence-electron chi connectivity index (χ0n) is 29.5. The lowest BCUT2D eigenvalue weighted by molar-refractivity contribution is -0.144. The topological polar surface area (TPSA) is 110 Å². The average molecular weight is 702 g/mol. The van der Waals surface area contributed by atoms with Gasteiger partial charge in [0.05, 0.1) is 6.61 Å². The fourth-order valence-electron chi connectivity index (χ4n) is 9.08. The fourth-order valence-corrected chi connectivity index (χ4v) is 9.27. The average Bonchev–Trinajstić information content (AvgIpc) is 3.37. The molecule has 1 unspecified atom stereocenters. The van der Waals surface area contributed by atoms with Crippen LogP contribution in [0.2, 0.25) is 5.02 Å². The second-order valence-electron chi connectivity index (χ2n) is 15.3. The van der Waals surface area contributed by atoms with E-state index in [2.05, 4.69) is 36.3 Å². The van der Waals surface area contributed by atoms with E-state index in [-0.39, 0.29) is 29.8 Å². The van der Waals surface area contributed by atoms with Crippen LogP contribution in [0.5, 0.6) is 17.2 Å². The van der Waals surface area contributed by atoms with Crippen molar-refractivity contribution in [3.63, 3.8) is 0 Å². The van der Waals surface area contributed by atoms with Gasteiger partial charge in [-0.1, -0.05) is 31.5 Å². The molecule has 2 N–H and O–H groups in total. The SMILES string of the molecule is C[C@@H](COc1ccnc2c1[C@H](C)CCC2)C[C@H]1Cc2cc3c(cc2C12CCC(Nc1cccc(Cl)c1)(C(=O)O)CC2)OC(C(=O)N(C)C)CO3. The lowest BCUT2D eigenvalue weighted by Crippen LogP contribution is -2.53. The number of nitrogens with one attached hydrogen (secondary N) is 1. The molecule has 1 saturated carbocycles. The second-order valence-corrected chi connectivity index (χ2v) is 15.7. The van der Waals surface area contributed by atoms with Crippen molar-refractivity contribution in [3.05, 3.63) is 76.1 Å². The maximum atomic E-state index is 13.0. The monoisotopic (exact) mass is 701 g/mol. The number of rotatable bonds is 9. The summed E-state index contributed by atoms with van der Waals surface area (Å²) in [6.45, 7) is 5.29. The first-order valence-electron chi connectivity index (χ1n) is 18.0. The van der Waals surface area contributed by atoms with Gasteiger partial charge < -0.3 is 29.5 Å². The Bertz CT molecular complexity index is 1770. The number of benzene rings is 2. The number of carbonyl (C=O) groups excluding carboxylic acids is 1. The summed E-state index contributed by atoms with van der Waals surface area (Å²) >= 11 is 6.27. The van der Waals surface area contributed by atoms with Crippen molar-refractivity contribution in [1.82, 2.24) is 9.88 Å². The summed E-state index contributed by atoms with van der Waals surface area (Å²) in [5, 5.41) is 14.6. The molecule has 9 nitrogen and oxygen atoms in total. The summed E-state index contributed by atoms with van der Waals surface area (Å²) in [5.41, 5.74) is 4.15. The highest BCUT2D eigenvalue weighted by atomic mass is 35.5. The van der Waals surface area contributed by atoms with Crippen molar-refractivity contribution in [1.29, 1.82) is 0 Å². The molecule has 10 heteroatoms. The number of aryl methyl sites for hydroxylation is 1. The van der Waals surface area contributed by atoms with E-state index in [4.69, 9.17) is 25.8 Å². The van der Waals surface area contributed by atoms with Gasteiger partial charge in [0.15, 0.2) is 11.5 Å². The van der Waals surface area contributed by atoms with Gasteiger partial charge in [-0.2, -0.15) is 0 Å². The van der Waals surface area contributed by atoms with Crippen molar-refractivity contribution >= 4 is 29.2 Å². The lowest BCUT2D eigenvalue weighted by Gasteiger charge is -2.47. The molecule has 1 fully saturated rings. The second kappa shape index (κ2) is 13.6. The minimum absolute atomic E-state index is 0.140. The van der Waals surface area contributed by atoms with Gasteiger partial charge >= 0.3 is 5.97 Å². The smallest absolute Gasteiger partial charge is 0.329 e. The number of aliphatic carboxylic acids is 1. The molecule has 2 aromatic carbocycles. The Kier molecular flexibility index (Phi) is 9.39. The Morgan fingerprint density at radius 1 is 1.14 bits per heavy atom. The van der Waals surface area contributed by atoms with E-state index < -0.39 is 17.6 Å². The quantitative estimate of drug-likeness (QED) is 0.237. The van der Waals surface area contributed by atoms with Crippen LogP contribution >= 0.6 is 11.6 Å². The number of aromatic nitrogens is 1. The number of nitrogens with zero attached hydrogens (tertiary/aromatic N) is 2. The highest BCUT2D eigenvalue weighted by molar-refractivity contribution is 6.30. The molecule has 2 heterocycles. The first kappa shape index (κ1) is 34.5. The number of anilines is 1. The van der Waals surface area contributed by atoms with Crippen LogP contribution in [0.3, 0.4) is 0 Å². The first-order chi connectivity index (χ1) is 24.0. The number of hydrogen-bond donors (Lipinski definition) is 2. The van der Waals surface area contributed by atoms with E-state index in [1.165, 1.54) is 21.6 Å². The molecule has 1 spiro atoms. The van der Waals surface area contributed by atoms with Crippen LogP contribution in [-0.4, -0.2) is 65.8 Å². The number of fused-ring (bicyclic) bond motifs is 4. The normalized spacial score (nSPS) is 27.2. The molecular weight excluding hydrogens is 654 g/mol. The lowest BCUT2D eigenvalue weighted by atomic mass is 9.59. The van der Waals surface area contributed by atoms with Gasteiger partial charge in [-0.3, -0.25) is 9.78 Å². The predicted octanol–water partition coefficient (Wildman–Crippen LogP) is 7.43. The number of amides is 1. The van der Waals surface area contributed by atoms with Crippen molar-refractivity contribution in [2.75, 3.05) is 32.6 Å². The van der Waals surface area contributed by atoms with E-state index in [1.807, 2.05) is 24.4 Å². The predicted molar refractivity (Wildman–Crippen MR) is 193 cm³/mol. The molecule has 1 aromatic heterocycles. The Morgan fingerprint density at radius 3 is 2.68 bits per heavy atom.